The smallest absolute Gasteiger partial charge is 0.243 e. The highest BCUT2D eigenvalue weighted by Gasteiger charge is 2.43. The molecule has 2 aromatic rings. The number of aliphatic hydroxyl groups is 1. The third-order valence-electron chi connectivity index (χ3n) is 5.40. The number of nitrogens with one attached hydrogen (secondary N) is 2. The number of likely N-dealkylation sites (N-methyl/N-ethyl adjacent to an activating group) is 1. The van der Waals surface area contributed by atoms with Gasteiger partial charge in [0, 0.05) is 30.9 Å². The van der Waals surface area contributed by atoms with E-state index in [-0.39, 0.29) is 36.7 Å². The Morgan fingerprint density at radius 3 is 2.52 bits per heavy atom. The van der Waals surface area contributed by atoms with Crippen molar-refractivity contribution >= 4 is 23.2 Å². The predicted octanol–water partition coefficient (Wildman–Crippen LogP) is 1.12. The second kappa shape index (κ2) is 9.37. The van der Waals surface area contributed by atoms with Crippen molar-refractivity contribution < 1.29 is 14.7 Å². The minimum atomic E-state index is -0.727. The van der Waals surface area contributed by atoms with Gasteiger partial charge in [-0.05, 0) is 19.4 Å². The van der Waals surface area contributed by atoms with E-state index in [4.69, 9.17) is 0 Å². The number of aromatic nitrogens is 3. The minimum Gasteiger partial charge on any atom is -0.391 e. The van der Waals surface area contributed by atoms with E-state index in [0.717, 1.165) is 16.1 Å². The lowest BCUT2D eigenvalue weighted by atomic mass is 9.86. The van der Waals surface area contributed by atoms with Crippen molar-refractivity contribution in [2.24, 2.45) is 5.41 Å². The maximum absolute atomic E-state index is 13.1. The van der Waals surface area contributed by atoms with Crippen LogP contribution in [0.1, 0.15) is 38.7 Å². The van der Waals surface area contributed by atoms with Crippen molar-refractivity contribution in [3.8, 4) is 10.4 Å². The van der Waals surface area contributed by atoms with Gasteiger partial charge in [0.25, 0.3) is 0 Å². The highest BCUT2D eigenvalue weighted by atomic mass is 32.1. The van der Waals surface area contributed by atoms with Crippen molar-refractivity contribution in [2.45, 2.75) is 58.8 Å². The van der Waals surface area contributed by atoms with Gasteiger partial charge in [-0.3, -0.25) is 9.59 Å². The maximum Gasteiger partial charge on any atom is 0.243 e. The largest absolute Gasteiger partial charge is 0.391 e. The van der Waals surface area contributed by atoms with Gasteiger partial charge in [-0.25, -0.2) is 15.0 Å². The molecule has 31 heavy (non-hydrogen) atoms. The zero-order chi connectivity index (χ0) is 22.8. The standard InChI is InChI=1S/C21H30N6O3S/c1-12-17(31-11-26-12)13-7-23-16(24-8-13)9-25-19(29)15-6-14(28)10-27(15)20(30)18(22-5)21(2,3)4/h7-8,11,14-15,18,22,28H,6,9-10H2,1-5H3,(H,25,29)/t14-,15+,18-/m1/s1. The quantitative estimate of drug-likeness (QED) is 0.608. The molecule has 0 spiro atoms. The van der Waals surface area contributed by atoms with E-state index < -0.39 is 18.2 Å². The second-order valence-electron chi connectivity index (χ2n) is 8.86. The van der Waals surface area contributed by atoms with E-state index in [2.05, 4.69) is 25.6 Å². The third kappa shape index (κ3) is 5.25. The molecule has 1 aliphatic heterocycles. The Hall–Kier alpha value is -2.43. The van der Waals surface area contributed by atoms with Crippen LogP contribution in [0.3, 0.4) is 0 Å². The van der Waals surface area contributed by atoms with Crippen LogP contribution in [0.25, 0.3) is 10.4 Å². The number of amides is 2. The van der Waals surface area contributed by atoms with Crippen LogP contribution in [0, 0.1) is 12.3 Å². The molecule has 0 aliphatic carbocycles. The van der Waals surface area contributed by atoms with Crippen molar-refractivity contribution in [2.75, 3.05) is 13.6 Å². The fraction of sp³-hybridized carbons (Fsp3) is 0.571. The van der Waals surface area contributed by atoms with E-state index in [0.29, 0.717) is 5.82 Å². The number of likely N-dealkylation sites (tertiary alicyclic amines) is 1. The summed E-state index contributed by atoms with van der Waals surface area (Å²) < 4.78 is 0. The summed E-state index contributed by atoms with van der Waals surface area (Å²) in [6.07, 6.45) is 2.91. The number of nitrogens with zero attached hydrogens (tertiary/aromatic N) is 4. The van der Waals surface area contributed by atoms with Crippen molar-refractivity contribution in [3.63, 3.8) is 0 Å². The molecule has 0 radical (unpaired) electrons. The minimum absolute atomic E-state index is 0.143. The number of β-amino-alcohol motifs (C(OH)–C–C–N with tert-alkyl or cyclic N) is 1. The first-order valence-electron chi connectivity index (χ1n) is 10.3. The number of aliphatic hydroxyl groups excluding tert-OH is 1. The van der Waals surface area contributed by atoms with Crippen LogP contribution < -0.4 is 10.6 Å². The molecule has 3 N–H and O–H groups in total. The summed E-state index contributed by atoms with van der Waals surface area (Å²) in [6.45, 7) is 8.10. The summed E-state index contributed by atoms with van der Waals surface area (Å²) in [4.78, 5) is 41.3. The van der Waals surface area contributed by atoms with Crippen molar-refractivity contribution in [1.82, 2.24) is 30.5 Å². The summed E-state index contributed by atoms with van der Waals surface area (Å²) in [6, 6.07) is -1.18. The molecular formula is C21H30N6O3S. The highest BCUT2D eigenvalue weighted by Crippen LogP contribution is 2.27. The van der Waals surface area contributed by atoms with Gasteiger partial charge >= 0.3 is 0 Å². The fourth-order valence-electron chi connectivity index (χ4n) is 3.82. The fourth-order valence-corrected chi connectivity index (χ4v) is 4.61. The Balaban J connectivity index is 1.65. The monoisotopic (exact) mass is 446 g/mol. The normalized spacial score (nSPS) is 20.0. The Kier molecular flexibility index (Phi) is 7.03. The van der Waals surface area contributed by atoms with E-state index in [1.165, 1.54) is 16.2 Å². The van der Waals surface area contributed by atoms with Crippen LogP contribution >= 0.6 is 11.3 Å². The van der Waals surface area contributed by atoms with Crippen molar-refractivity contribution in [1.29, 1.82) is 0 Å². The van der Waals surface area contributed by atoms with Gasteiger partial charge in [0.1, 0.15) is 11.9 Å². The molecule has 2 aromatic heterocycles. The summed E-state index contributed by atoms with van der Waals surface area (Å²) in [5, 5.41) is 16.0. The van der Waals surface area contributed by atoms with Crippen LogP contribution in [-0.2, 0) is 16.1 Å². The van der Waals surface area contributed by atoms with Gasteiger partial charge in [-0.1, -0.05) is 20.8 Å². The molecule has 3 heterocycles. The number of thiazole rings is 1. The predicted molar refractivity (Wildman–Crippen MR) is 118 cm³/mol. The lowest BCUT2D eigenvalue weighted by Gasteiger charge is -2.34. The average Bonchev–Trinajstić information content (AvgIpc) is 3.31. The highest BCUT2D eigenvalue weighted by molar-refractivity contribution is 7.13. The summed E-state index contributed by atoms with van der Waals surface area (Å²) in [5.41, 5.74) is 3.26. The maximum atomic E-state index is 13.1. The summed E-state index contributed by atoms with van der Waals surface area (Å²) in [5.74, 6) is -0.0367. The molecule has 9 nitrogen and oxygen atoms in total. The average molecular weight is 447 g/mol. The molecule has 10 heteroatoms. The Labute approximate surface area is 186 Å². The lowest BCUT2D eigenvalue weighted by Crippen LogP contribution is -2.55. The molecule has 3 rings (SSSR count). The Morgan fingerprint density at radius 1 is 1.29 bits per heavy atom. The van der Waals surface area contributed by atoms with E-state index in [1.807, 2.05) is 27.7 Å². The second-order valence-corrected chi connectivity index (χ2v) is 9.71. The van der Waals surface area contributed by atoms with Gasteiger partial charge in [0.2, 0.25) is 11.8 Å². The SMILES string of the molecule is CN[C@H](C(=O)N1C[C@H](O)C[C@H]1C(=O)NCc1ncc(-c2scnc2C)cn1)C(C)(C)C. The van der Waals surface area contributed by atoms with Crippen LogP contribution in [0.15, 0.2) is 17.9 Å². The topological polar surface area (TPSA) is 120 Å². The Bertz CT molecular complexity index is 924. The van der Waals surface area contributed by atoms with Crippen LogP contribution in [-0.4, -0.2) is 68.6 Å². The van der Waals surface area contributed by atoms with E-state index >= 15 is 0 Å². The van der Waals surface area contributed by atoms with Crippen LogP contribution in [0.2, 0.25) is 0 Å². The molecule has 1 fully saturated rings. The van der Waals surface area contributed by atoms with Crippen molar-refractivity contribution in [3.05, 3.63) is 29.4 Å². The number of carbonyl (C=O) groups is 2. The third-order valence-corrected chi connectivity index (χ3v) is 6.38. The number of carbonyl (C=O) groups excluding carboxylic acids is 2. The molecule has 1 aliphatic rings. The number of aryl methyl sites for hydroxylation is 1. The molecule has 2 amide bonds. The number of rotatable bonds is 6. The molecule has 3 atom stereocenters. The molecule has 0 unspecified atom stereocenters. The van der Waals surface area contributed by atoms with Gasteiger partial charge < -0.3 is 20.6 Å². The van der Waals surface area contributed by atoms with Gasteiger partial charge in [-0.2, -0.15) is 0 Å². The van der Waals surface area contributed by atoms with Gasteiger partial charge in [0.15, 0.2) is 0 Å². The number of hydrogen-bond donors (Lipinski definition) is 3. The van der Waals surface area contributed by atoms with Crippen LogP contribution in [0.4, 0.5) is 0 Å². The molecule has 1 saturated heterocycles. The van der Waals surface area contributed by atoms with Gasteiger partial charge in [-0.15, -0.1) is 11.3 Å². The molecule has 0 bridgehead atoms. The zero-order valence-electron chi connectivity index (χ0n) is 18.5. The lowest BCUT2D eigenvalue weighted by molar-refractivity contribution is -0.142. The summed E-state index contributed by atoms with van der Waals surface area (Å²) >= 11 is 1.53. The zero-order valence-corrected chi connectivity index (χ0v) is 19.4. The molecule has 0 aromatic carbocycles. The van der Waals surface area contributed by atoms with E-state index in [9.17, 15) is 14.7 Å². The first kappa shape index (κ1) is 23.2. The number of hydrogen-bond acceptors (Lipinski definition) is 8. The van der Waals surface area contributed by atoms with Gasteiger partial charge in [0.05, 0.1) is 34.8 Å². The molecule has 168 valence electrons. The first-order valence-corrected chi connectivity index (χ1v) is 11.1. The molecular weight excluding hydrogens is 416 g/mol. The van der Waals surface area contributed by atoms with Crippen LogP contribution in [0.5, 0.6) is 0 Å². The summed E-state index contributed by atoms with van der Waals surface area (Å²) in [7, 11) is 1.73. The Morgan fingerprint density at radius 2 is 1.97 bits per heavy atom. The van der Waals surface area contributed by atoms with E-state index in [1.54, 1.807) is 25.0 Å². The first-order chi connectivity index (χ1) is 14.6. The molecule has 0 saturated carbocycles.